The van der Waals surface area contributed by atoms with Crippen LogP contribution in [0, 0.1) is 13.8 Å². The van der Waals surface area contributed by atoms with Gasteiger partial charge in [0.25, 0.3) is 11.8 Å². The normalized spacial score (nSPS) is 11.5. The molecule has 0 saturated heterocycles. The van der Waals surface area contributed by atoms with E-state index in [4.69, 9.17) is 18.9 Å². The smallest absolute Gasteiger partial charge is 0.341 e. The quantitative estimate of drug-likeness (QED) is 0.200. The van der Waals surface area contributed by atoms with E-state index in [1.54, 1.807) is 63.4 Å². The number of hydrazone groups is 1. The highest BCUT2D eigenvalue weighted by Crippen LogP contribution is 2.33. The number of rotatable bonds is 11. The number of aryl methyl sites for hydroxylation is 1. The number of esters is 1. The van der Waals surface area contributed by atoms with Gasteiger partial charge in [0.15, 0.2) is 6.10 Å². The average Bonchev–Trinajstić information content (AvgIpc) is 3.21. The third-order valence-corrected chi connectivity index (χ3v) is 6.83. The van der Waals surface area contributed by atoms with E-state index in [1.165, 1.54) is 24.7 Å². The van der Waals surface area contributed by atoms with Crippen molar-refractivity contribution in [3.05, 3.63) is 69.6 Å². The first-order valence-electron chi connectivity index (χ1n) is 12.1. The molecule has 0 fully saturated rings. The number of carbonyl (C=O) groups excluding carboxylic acids is 3. The van der Waals surface area contributed by atoms with Gasteiger partial charge in [-0.05, 0) is 75.7 Å². The van der Waals surface area contributed by atoms with Crippen LogP contribution in [0.5, 0.6) is 17.2 Å². The van der Waals surface area contributed by atoms with E-state index < -0.39 is 18.0 Å². The first kappa shape index (κ1) is 29.2. The van der Waals surface area contributed by atoms with Crippen molar-refractivity contribution < 1.29 is 33.3 Å². The molecule has 0 radical (unpaired) electrons. The summed E-state index contributed by atoms with van der Waals surface area (Å²) in [4.78, 5) is 38.6. The highest BCUT2D eigenvalue weighted by molar-refractivity contribution is 7.16. The minimum Gasteiger partial charge on any atom is -0.497 e. The van der Waals surface area contributed by atoms with Gasteiger partial charge in [0.1, 0.15) is 22.2 Å². The molecule has 39 heavy (non-hydrogen) atoms. The Morgan fingerprint density at radius 1 is 1.03 bits per heavy atom. The lowest BCUT2D eigenvalue weighted by Gasteiger charge is -2.13. The fraction of sp³-hybridized carbons (Fsp3) is 0.286. The molecule has 0 aliphatic rings. The third-order valence-electron chi connectivity index (χ3n) is 5.71. The lowest BCUT2D eigenvalue weighted by Crippen LogP contribution is -2.33. The lowest BCUT2D eigenvalue weighted by atomic mass is 10.1. The Kier molecular flexibility index (Phi) is 10.0. The molecule has 2 amide bonds. The van der Waals surface area contributed by atoms with E-state index in [1.807, 2.05) is 13.8 Å². The van der Waals surface area contributed by atoms with Crippen molar-refractivity contribution in [2.45, 2.75) is 33.8 Å². The molecule has 1 aromatic heterocycles. The molecule has 3 aromatic rings. The number of carbonyl (C=O) groups is 3. The first-order chi connectivity index (χ1) is 18.7. The van der Waals surface area contributed by atoms with Crippen LogP contribution >= 0.6 is 11.3 Å². The van der Waals surface area contributed by atoms with E-state index in [0.717, 1.165) is 10.4 Å². The molecule has 0 unspecified atom stereocenters. The maximum absolute atomic E-state index is 12.8. The van der Waals surface area contributed by atoms with Gasteiger partial charge in [-0.15, -0.1) is 11.3 Å². The first-order valence-corrected chi connectivity index (χ1v) is 12.9. The average molecular weight is 554 g/mol. The standard InChI is InChI=1S/C28H31N3O7S/c1-7-37-28(34)24-16(2)18(4)39-27(24)30-26(33)19-8-10-21(11-9-19)38-17(3)25(32)31-29-15-20-14-22(35-5)12-13-23(20)36-6/h8-15,17H,7H2,1-6H3,(H,30,33)(H,31,32)/b29-15-/t17-/m1/s1. The van der Waals surface area contributed by atoms with Crippen LogP contribution in [0.2, 0.25) is 0 Å². The van der Waals surface area contributed by atoms with Crippen LogP contribution in [0.1, 0.15) is 50.6 Å². The molecular formula is C28H31N3O7S. The number of hydrogen-bond acceptors (Lipinski definition) is 9. The van der Waals surface area contributed by atoms with Gasteiger partial charge in [-0.2, -0.15) is 5.10 Å². The summed E-state index contributed by atoms with van der Waals surface area (Å²) in [5.74, 6) is 0.257. The number of thiophene rings is 1. The molecule has 0 spiro atoms. The van der Waals surface area contributed by atoms with Crippen LogP contribution in [-0.4, -0.2) is 50.9 Å². The van der Waals surface area contributed by atoms with Gasteiger partial charge in [0.05, 0.1) is 32.6 Å². The van der Waals surface area contributed by atoms with Crippen LogP contribution in [0.15, 0.2) is 47.6 Å². The van der Waals surface area contributed by atoms with Crippen molar-refractivity contribution in [1.82, 2.24) is 5.43 Å². The molecule has 3 rings (SSSR count). The van der Waals surface area contributed by atoms with E-state index in [-0.39, 0.29) is 12.5 Å². The second-order valence-corrected chi connectivity index (χ2v) is 9.51. The zero-order chi connectivity index (χ0) is 28.5. The lowest BCUT2D eigenvalue weighted by molar-refractivity contribution is -0.127. The minimum atomic E-state index is -0.863. The summed E-state index contributed by atoms with van der Waals surface area (Å²) in [6.45, 7) is 7.24. The van der Waals surface area contributed by atoms with Gasteiger partial charge in [-0.1, -0.05) is 0 Å². The fourth-order valence-electron chi connectivity index (χ4n) is 3.48. The predicted molar refractivity (Wildman–Crippen MR) is 150 cm³/mol. The van der Waals surface area contributed by atoms with Crippen LogP contribution in [0.4, 0.5) is 5.00 Å². The maximum Gasteiger partial charge on any atom is 0.341 e. The molecule has 10 nitrogen and oxygen atoms in total. The Hall–Kier alpha value is -4.38. The summed E-state index contributed by atoms with van der Waals surface area (Å²) in [7, 11) is 3.09. The molecule has 11 heteroatoms. The monoisotopic (exact) mass is 553 g/mol. The van der Waals surface area contributed by atoms with E-state index >= 15 is 0 Å². The third kappa shape index (κ3) is 7.35. The summed E-state index contributed by atoms with van der Waals surface area (Å²) >= 11 is 1.32. The molecule has 0 aliphatic heterocycles. The van der Waals surface area contributed by atoms with Gasteiger partial charge < -0.3 is 24.3 Å². The molecule has 2 N–H and O–H groups in total. The Labute approximate surface area is 230 Å². The molecule has 0 aliphatic carbocycles. The van der Waals surface area contributed by atoms with E-state index in [9.17, 15) is 14.4 Å². The summed E-state index contributed by atoms with van der Waals surface area (Å²) in [6, 6.07) is 11.5. The Bertz CT molecular complexity index is 1370. The predicted octanol–water partition coefficient (Wildman–Crippen LogP) is 4.73. The van der Waals surface area contributed by atoms with Crippen LogP contribution in [0.3, 0.4) is 0 Å². The highest BCUT2D eigenvalue weighted by Gasteiger charge is 2.22. The van der Waals surface area contributed by atoms with Gasteiger partial charge in [0.2, 0.25) is 0 Å². The van der Waals surface area contributed by atoms with Crippen LogP contribution in [0.25, 0.3) is 0 Å². The molecule has 0 saturated carbocycles. The van der Waals surface area contributed by atoms with Crippen molar-refractivity contribution in [3.63, 3.8) is 0 Å². The van der Waals surface area contributed by atoms with Gasteiger partial charge >= 0.3 is 5.97 Å². The second kappa shape index (κ2) is 13.4. The Balaban J connectivity index is 1.60. The highest BCUT2D eigenvalue weighted by atomic mass is 32.1. The Morgan fingerprint density at radius 2 is 1.72 bits per heavy atom. The number of hydrogen-bond donors (Lipinski definition) is 2. The molecular weight excluding hydrogens is 522 g/mol. The van der Waals surface area contributed by atoms with Gasteiger partial charge in [-0.25, -0.2) is 10.2 Å². The van der Waals surface area contributed by atoms with Crippen LogP contribution < -0.4 is 25.0 Å². The number of nitrogens with zero attached hydrogens (tertiary/aromatic N) is 1. The zero-order valence-corrected chi connectivity index (χ0v) is 23.4. The number of nitrogens with one attached hydrogen (secondary N) is 2. The Morgan fingerprint density at radius 3 is 2.36 bits per heavy atom. The van der Waals surface area contributed by atoms with Crippen molar-refractivity contribution in [2.75, 3.05) is 26.1 Å². The number of ether oxygens (including phenoxy) is 4. The van der Waals surface area contributed by atoms with Crippen molar-refractivity contribution in [1.29, 1.82) is 0 Å². The largest absolute Gasteiger partial charge is 0.497 e. The number of amides is 2. The second-order valence-electron chi connectivity index (χ2n) is 8.29. The summed E-state index contributed by atoms with van der Waals surface area (Å²) < 4.78 is 21.3. The topological polar surface area (TPSA) is 125 Å². The fourth-order valence-corrected chi connectivity index (χ4v) is 4.52. The van der Waals surface area contributed by atoms with Crippen molar-refractivity contribution in [3.8, 4) is 17.2 Å². The number of methoxy groups -OCH3 is 2. The number of anilines is 1. The minimum absolute atomic E-state index is 0.238. The molecule has 1 heterocycles. The summed E-state index contributed by atoms with van der Waals surface area (Å²) in [6.07, 6.45) is 0.585. The molecule has 206 valence electrons. The van der Waals surface area contributed by atoms with E-state index in [0.29, 0.717) is 38.9 Å². The maximum atomic E-state index is 12.8. The zero-order valence-electron chi connectivity index (χ0n) is 22.6. The van der Waals surface area contributed by atoms with Gasteiger partial charge in [-0.3, -0.25) is 9.59 Å². The molecule has 0 bridgehead atoms. The van der Waals surface area contributed by atoms with Crippen molar-refractivity contribution in [2.24, 2.45) is 5.10 Å². The molecule has 1 atom stereocenters. The van der Waals surface area contributed by atoms with Crippen LogP contribution in [-0.2, 0) is 9.53 Å². The number of benzene rings is 2. The van der Waals surface area contributed by atoms with E-state index in [2.05, 4.69) is 15.8 Å². The molecule has 2 aromatic carbocycles. The summed E-state index contributed by atoms with van der Waals surface area (Å²) in [5.41, 5.74) is 4.55. The SMILES string of the molecule is CCOC(=O)c1c(NC(=O)c2ccc(O[C@H](C)C(=O)N/N=C\c3cc(OC)ccc3OC)cc2)sc(C)c1C. The summed E-state index contributed by atoms with van der Waals surface area (Å²) in [5, 5.41) is 7.22. The van der Waals surface area contributed by atoms with Gasteiger partial charge in [0, 0.05) is 16.0 Å². The van der Waals surface area contributed by atoms with Crippen molar-refractivity contribution >= 4 is 40.3 Å².